The van der Waals surface area contributed by atoms with Crippen LogP contribution in [0.2, 0.25) is 5.02 Å². The van der Waals surface area contributed by atoms with Gasteiger partial charge in [-0.3, -0.25) is 0 Å². The number of hydrogen-bond acceptors (Lipinski definition) is 1. The van der Waals surface area contributed by atoms with Crippen LogP contribution in [0.5, 0.6) is 0 Å². The molecule has 0 fully saturated rings. The average Bonchev–Trinajstić information content (AvgIpc) is 2.33. The Balaban J connectivity index is 2.07. The molecule has 2 rings (SSSR count). The maximum atomic E-state index is 13.4. The van der Waals surface area contributed by atoms with Gasteiger partial charge in [0.1, 0.15) is 5.82 Å². The van der Waals surface area contributed by atoms with Gasteiger partial charge in [-0.05, 0) is 43.2 Å². The highest BCUT2D eigenvalue weighted by Gasteiger charge is 2.25. The van der Waals surface area contributed by atoms with E-state index < -0.39 is 11.9 Å². The second-order valence-electron chi connectivity index (χ2n) is 5.67. The minimum Gasteiger partial charge on any atom is -0.392 e. The van der Waals surface area contributed by atoms with Crippen molar-refractivity contribution in [3.8, 4) is 0 Å². The predicted octanol–water partition coefficient (Wildman–Crippen LogP) is 4.37. The van der Waals surface area contributed by atoms with Gasteiger partial charge < -0.3 is 5.11 Å². The molecule has 1 aliphatic carbocycles. The first-order valence-corrected chi connectivity index (χ1v) is 7.13. The van der Waals surface area contributed by atoms with Crippen LogP contribution >= 0.6 is 11.6 Å². The second-order valence-corrected chi connectivity index (χ2v) is 6.05. The first-order chi connectivity index (χ1) is 8.97. The zero-order valence-corrected chi connectivity index (χ0v) is 12.1. The molecule has 1 N–H and O–H groups in total. The Morgan fingerprint density at radius 2 is 2.21 bits per heavy atom. The van der Waals surface area contributed by atoms with Gasteiger partial charge in [0, 0.05) is 6.42 Å². The van der Waals surface area contributed by atoms with Gasteiger partial charge in [-0.2, -0.15) is 0 Å². The predicted molar refractivity (Wildman–Crippen MR) is 76.8 cm³/mol. The molecule has 1 aliphatic rings. The summed E-state index contributed by atoms with van der Waals surface area (Å²) < 4.78 is 13.4. The summed E-state index contributed by atoms with van der Waals surface area (Å²) in [5, 5.41) is 10.5. The van der Waals surface area contributed by atoms with E-state index in [4.69, 9.17) is 11.6 Å². The van der Waals surface area contributed by atoms with Gasteiger partial charge in [0.15, 0.2) is 0 Å². The average molecular weight is 283 g/mol. The molecule has 3 unspecified atom stereocenters. The molecule has 0 aliphatic heterocycles. The lowest BCUT2D eigenvalue weighted by atomic mass is 9.79. The Hall–Kier alpha value is -0.860. The zero-order chi connectivity index (χ0) is 14.0. The van der Waals surface area contributed by atoms with Crippen molar-refractivity contribution in [2.45, 2.75) is 39.2 Å². The van der Waals surface area contributed by atoms with Crippen LogP contribution in [0.4, 0.5) is 4.39 Å². The van der Waals surface area contributed by atoms with Crippen molar-refractivity contribution >= 4 is 11.6 Å². The summed E-state index contributed by atoms with van der Waals surface area (Å²) in [6.45, 7) is 4.27. The quantitative estimate of drug-likeness (QED) is 0.816. The third-order valence-electron chi connectivity index (χ3n) is 3.83. The van der Waals surface area contributed by atoms with Gasteiger partial charge in [-0.25, -0.2) is 4.39 Å². The van der Waals surface area contributed by atoms with E-state index in [1.165, 1.54) is 11.6 Å². The Bertz CT molecular complexity index is 484. The second kappa shape index (κ2) is 6.06. The summed E-state index contributed by atoms with van der Waals surface area (Å²) in [6.07, 6.45) is 4.11. The molecule has 0 amide bonds. The van der Waals surface area contributed by atoms with Crippen molar-refractivity contribution < 1.29 is 9.50 Å². The molecule has 1 nitrogen and oxygen atoms in total. The Morgan fingerprint density at radius 3 is 2.89 bits per heavy atom. The lowest BCUT2D eigenvalue weighted by Crippen LogP contribution is -2.27. The summed E-state index contributed by atoms with van der Waals surface area (Å²) in [6, 6.07) is 4.76. The van der Waals surface area contributed by atoms with Gasteiger partial charge in [0.25, 0.3) is 0 Å². The van der Waals surface area contributed by atoms with Crippen molar-refractivity contribution in [3.63, 3.8) is 0 Å². The summed E-state index contributed by atoms with van der Waals surface area (Å²) in [4.78, 5) is 0. The number of halogens is 2. The Kier molecular flexibility index (Phi) is 4.64. The minimum absolute atomic E-state index is 0.137. The summed E-state index contributed by atoms with van der Waals surface area (Å²) in [5.74, 6) is 0.315. The van der Waals surface area contributed by atoms with E-state index in [2.05, 4.69) is 19.9 Å². The van der Waals surface area contributed by atoms with E-state index in [9.17, 15) is 9.50 Å². The number of rotatable bonds is 3. The molecular formula is C16H20ClFO. The fraction of sp³-hybridized carbons (Fsp3) is 0.500. The van der Waals surface area contributed by atoms with Crippen molar-refractivity contribution in [2.24, 2.45) is 11.8 Å². The molecule has 0 saturated carbocycles. The summed E-state index contributed by atoms with van der Waals surface area (Å²) in [7, 11) is 0. The molecule has 0 saturated heterocycles. The number of hydrogen-bond donors (Lipinski definition) is 1. The van der Waals surface area contributed by atoms with Crippen LogP contribution in [0.3, 0.4) is 0 Å². The number of aliphatic hydroxyl groups is 1. The van der Waals surface area contributed by atoms with Crippen molar-refractivity contribution in [1.82, 2.24) is 0 Å². The monoisotopic (exact) mass is 282 g/mol. The van der Waals surface area contributed by atoms with E-state index in [0.717, 1.165) is 12.8 Å². The molecule has 3 atom stereocenters. The van der Waals surface area contributed by atoms with Gasteiger partial charge >= 0.3 is 0 Å². The van der Waals surface area contributed by atoms with E-state index in [-0.39, 0.29) is 10.9 Å². The van der Waals surface area contributed by atoms with Crippen LogP contribution in [0.25, 0.3) is 0 Å². The highest BCUT2D eigenvalue weighted by Crippen LogP contribution is 2.32. The SMILES string of the molecule is CC1=CC(C)CC(C(O)Cc2cccc(F)c2Cl)C1. The molecule has 0 heterocycles. The molecule has 3 heteroatoms. The van der Waals surface area contributed by atoms with Crippen LogP contribution in [0.1, 0.15) is 32.3 Å². The molecular weight excluding hydrogens is 263 g/mol. The zero-order valence-electron chi connectivity index (χ0n) is 11.4. The van der Waals surface area contributed by atoms with Crippen LogP contribution in [-0.4, -0.2) is 11.2 Å². The van der Waals surface area contributed by atoms with Crippen molar-refractivity contribution in [1.29, 1.82) is 0 Å². The fourth-order valence-electron chi connectivity index (χ4n) is 2.99. The first-order valence-electron chi connectivity index (χ1n) is 6.75. The van der Waals surface area contributed by atoms with E-state index in [1.54, 1.807) is 12.1 Å². The highest BCUT2D eigenvalue weighted by molar-refractivity contribution is 6.31. The largest absolute Gasteiger partial charge is 0.392 e. The molecule has 0 spiro atoms. The van der Waals surface area contributed by atoms with Crippen LogP contribution in [0.15, 0.2) is 29.8 Å². The molecule has 1 aromatic carbocycles. The van der Waals surface area contributed by atoms with Crippen molar-refractivity contribution in [2.75, 3.05) is 0 Å². The van der Waals surface area contributed by atoms with Crippen LogP contribution in [0, 0.1) is 17.7 Å². The van der Waals surface area contributed by atoms with Gasteiger partial charge in [0.05, 0.1) is 11.1 Å². The van der Waals surface area contributed by atoms with Crippen LogP contribution < -0.4 is 0 Å². The molecule has 0 radical (unpaired) electrons. The number of allylic oxidation sites excluding steroid dienone is 2. The smallest absolute Gasteiger partial charge is 0.142 e. The lowest BCUT2D eigenvalue weighted by Gasteiger charge is -2.29. The molecule has 19 heavy (non-hydrogen) atoms. The lowest BCUT2D eigenvalue weighted by molar-refractivity contribution is 0.0932. The molecule has 104 valence electrons. The normalized spacial score (nSPS) is 25.0. The first kappa shape index (κ1) is 14.5. The molecule has 0 bridgehead atoms. The van der Waals surface area contributed by atoms with Gasteiger partial charge in [-0.15, -0.1) is 0 Å². The van der Waals surface area contributed by atoms with E-state index in [1.807, 2.05) is 0 Å². The topological polar surface area (TPSA) is 20.2 Å². The highest BCUT2D eigenvalue weighted by atomic mass is 35.5. The third kappa shape index (κ3) is 3.58. The van der Waals surface area contributed by atoms with Crippen LogP contribution in [-0.2, 0) is 6.42 Å². The summed E-state index contributed by atoms with van der Waals surface area (Å²) in [5.41, 5.74) is 2.02. The van der Waals surface area contributed by atoms with Crippen molar-refractivity contribution in [3.05, 3.63) is 46.3 Å². The Labute approximate surface area is 119 Å². The summed E-state index contributed by atoms with van der Waals surface area (Å²) >= 11 is 5.94. The maximum Gasteiger partial charge on any atom is 0.142 e. The maximum absolute atomic E-state index is 13.4. The number of aliphatic hydroxyl groups excluding tert-OH is 1. The van der Waals surface area contributed by atoms with E-state index in [0.29, 0.717) is 17.9 Å². The third-order valence-corrected chi connectivity index (χ3v) is 4.26. The van der Waals surface area contributed by atoms with E-state index >= 15 is 0 Å². The fourth-order valence-corrected chi connectivity index (χ4v) is 3.19. The molecule has 1 aromatic rings. The number of benzene rings is 1. The standard InChI is InChI=1S/C16H20ClFO/c1-10-6-11(2)8-13(7-10)15(19)9-12-4-3-5-14(18)16(12)17/h3-6,10,13,15,19H,7-9H2,1-2H3. The van der Waals surface area contributed by atoms with Gasteiger partial charge in [0.2, 0.25) is 0 Å². The molecule has 0 aromatic heterocycles. The Morgan fingerprint density at radius 1 is 1.47 bits per heavy atom. The van der Waals surface area contributed by atoms with Gasteiger partial charge in [-0.1, -0.05) is 42.3 Å². The minimum atomic E-state index is -0.467.